The van der Waals surface area contributed by atoms with Gasteiger partial charge in [-0.05, 0) is 105 Å². The molecular weight excluding hydrogens is 1470 g/mol. The van der Waals surface area contributed by atoms with Gasteiger partial charge in [-0.15, -0.1) is 23.7 Å². The Kier molecular flexibility index (Phi) is 81.8. The molecule has 0 radical (unpaired) electrons. The summed E-state index contributed by atoms with van der Waals surface area (Å²) < 4.78 is 1.69. The Hall–Kier alpha value is -3.31. The largest absolute Gasteiger partial charge is 0.493 e. The first-order valence-corrected chi connectivity index (χ1v) is 53.7. The van der Waals surface area contributed by atoms with Gasteiger partial charge in [0, 0.05) is 59.7 Å². The molecule has 0 aliphatic carbocycles. The van der Waals surface area contributed by atoms with Gasteiger partial charge in [0.25, 0.3) is 0 Å². The van der Waals surface area contributed by atoms with Gasteiger partial charge in [-0.3, -0.25) is 0 Å². The monoisotopic (exact) mass is 1670 g/mol. The molecule has 0 fully saturated rings. The van der Waals surface area contributed by atoms with Gasteiger partial charge in [-0.25, -0.2) is 4.70 Å². The Morgan fingerprint density at radius 3 is 0.669 bits per heavy atom. The molecule has 2 nitrogen and oxygen atoms in total. The summed E-state index contributed by atoms with van der Waals surface area (Å²) >= 11 is 0. The van der Waals surface area contributed by atoms with Gasteiger partial charge in [-0.2, -0.15) is 0 Å². The van der Waals surface area contributed by atoms with E-state index in [2.05, 4.69) is 113 Å². The number of benzene rings is 2. The van der Waals surface area contributed by atoms with Crippen molar-refractivity contribution in [3.05, 3.63) is 86.5 Å². The minimum Gasteiger partial charge on any atom is -0.493 e. The van der Waals surface area contributed by atoms with Crippen LogP contribution in [0.3, 0.4) is 0 Å². The van der Waals surface area contributed by atoms with Crippen LogP contribution in [0, 0.1) is 35.5 Å². The maximum absolute atomic E-state index is 13.6. The Morgan fingerprint density at radius 2 is 0.415 bits per heavy atom. The van der Waals surface area contributed by atoms with Crippen LogP contribution in [-0.4, -0.2) is 4.70 Å². The molecule has 0 atom stereocenters. The van der Waals surface area contributed by atoms with Crippen LogP contribution in [0.4, 0.5) is 0 Å². The van der Waals surface area contributed by atoms with Crippen molar-refractivity contribution in [2.24, 2.45) is 0 Å². The zero-order chi connectivity index (χ0) is 83.4. The summed E-state index contributed by atoms with van der Waals surface area (Å²) in [5.74, 6) is 22.5. The van der Waals surface area contributed by atoms with Crippen molar-refractivity contribution in [1.82, 2.24) is 0 Å². The molecule has 0 saturated heterocycles. The van der Waals surface area contributed by atoms with E-state index in [-0.39, 0.29) is 16.5 Å². The summed E-state index contributed by atoms with van der Waals surface area (Å²) in [4.78, 5) is 0. The Morgan fingerprint density at radius 1 is 0.212 bits per heavy atom. The van der Waals surface area contributed by atoms with Crippen LogP contribution >= 0.6 is 0 Å². The van der Waals surface area contributed by atoms with Gasteiger partial charge in [0.2, 0.25) is 11.4 Å². The van der Waals surface area contributed by atoms with Gasteiger partial charge < -0.3 is 5.53 Å². The summed E-state index contributed by atoms with van der Waals surface area (Å²) in [6.45, 7) is 13.9. The molecular formula is C115H198N2Ni. The van der Waals surface area contributed by atoms with E-state index in [0.717, 1.165) is 94.0 Å². The van der Waals surface area contributed by atoms with Crippen LogP contribution in [0.5, 0.6) is 0 Å². The van der Waals surface area contributed by atoms with E-state index in [4.69, 9.17) is 0 Å². The fraction of sp³-hybridized carbons (Fsp3) is 0.809. The van der Waals surface area contributed by atoms with Gasteiger partial charge in [0.15, 0.2) is 0 Å². The predicted molar refractivity (Wildman–Crippen MR) is 526 cm³/mol. The number of rotatable bonds is 86. The van der Waals surface area contributed by atoms with E-state index >= 15 is 0 Å². The summed E-state index contributed by atoms with van der Waals surface area (Å²) in [6.07, 6.45) is 116. The minimum absolute atomic E-state index is 0. The molecule has 0 saturated carbocycles. The van der Waals surface area contributed by atoms with Crippen LogP contribution in [0.25, 0.3) is 16.9 Å². The number of nitrogens with zero attached hydrogens (tertiary/aromatic N) is 2. The molecule has 678 valence electrons. The maximum atomic E-state index is 13.6. The molecule has 2 aromatic carbocycles. The second-order valence-electron chi connectivity index (χ2n) is 37.5. The molecule has 0 spiro atoms. The molecule has 0 unspecified atom stereocenters. The number of hydrogen-bond acceptors (Lipinski definition) is 0. The smallest absolute Gasteiger partial charge is 0.223 e. The molecule has 3 heteroatoms. The topological polar surface area (TPSA) is 25.3 Å². The fourth-order valence-electron chi connectivity index (χ4n) is 18.4. The van der Waals surface area contributed by atoms with E-state index in [1.807, 2.05) is 0 Å². The summed E-state index contributed by atoms with van der Waals surface area (Å²) in [6, 6.07) is 14.6. The zero-order valence-corrected chi connectivity index (χ0v) is 81.2. The third-order valence-corrected chi connectivity index (χ3v) is 26.2. The molecule has 118 heavy (non-hydrogen) atoms. The summed E-state index contributed by atoms with van der Waals surface area (Å²) in [5.41, 5.74) is 25.6. The summed E-state index contributed by atoms with van der Waals surface area (Å²) in [7, 11) is 0. The van der Waals surface area contributed by atoms with Crippen molar-refractivity contribution in [2.45, 2.75) is 600 Å². The van der Waals surface area contributed by atoms with E-state index in [1.54, 1.807) is 4.70 Å². The Balaban J connectivity index is 0.0000472. The average molecular weight is 1670 g/mol. The van der Waals surface area contributed by atoms with Crippen LogP contribution in [0.2, 0.25) is 0 Å². The Bertz CT molecular complexity index is 2830. The van der Waals surface area contributed by atoms with Crippen LogP contribution in [0.1, 0.15) is 608 Å². The van der Waals surface area contributed by atoms with Gasteiger partial charge in [-0.1, -0.05) is 534 Å². The summed E-state index contributed by atoms with van der Waals surface area (Å²) in [5, 5.41) is 0. The van der Waals surface area contributed by atoms with E-state index < -0.39 is 0 Å². The molecule has 0 N–H and O–H groups in total. The number of hydrogen-bond donors (Lipinski definition) is 0. The standard InChI is InChI=1S/C115H198N2.Ni/c1-7-13-19-25-28-31-34-37-40-43-46-49-52-55-56-57-60-63-66-69-72-75-78-81-84-87-93-99-111-110(98-92-24-18-12-6)114(112-104-106(94-88-22-16-10-4)100-102-108(112)96-90-85-82-79-76-73-70-67-64-61-58-53-50-47-44-41-38-35-32-29-26-20-14-8-2)117(116)115(111)113-105-107(95-89-23-17-11-5)101-103-109(113)97-91-86-83-80-77-74-71-68-65-62-59-54-51-48-45-42-39-36-33-30-27-21-15-9-3;/h100-105H,7-81,84,87-92,94-98H2,1-6H3;. The van der Waals surface area contributed by atoms with Crippen molar-refractivity contribution in [3.63, 3.8) is 0 Å². The first-order chi connectivity index (χ1) is 58.0. The average Bonchev–Trinajstić information content (AvgIpc) is 1.59. The molecule has 0 amide bonds. The Labute approximate surface area is 749 Å². The van der Waals surface area contributed by atoms with Gasteiger partial charge in [0.05, 0.1) is 5.56 Å². The zero-order valence-electron chi connectivity index (χ0n) is 80.2. The predicted octanol–water partition coefficient (Wildman–Crippen LogP) is 39.5. The molecule has 1 aliphatic rings. The quantitative estimate of drug-likeness (QED) is 0.0273. The number of allylic oxidation sites excluding steroid dienone is 2. The first kappa shape index (κ1) is 111. The SMILES string of the molecule is CCCCCCCCCCCCCCCCCCCCCCC#CCCc1ccc(CCCCCC)cc1C1=C(C#CCCCCCCCCCCCCCCCCCCCCCCCCCCC)C(CCCCCC)=C(c2cc(CCCCCC)ccc2CCC#CCCCCCCCCCCCCCCCCCCCCCC)[N+]1=[N-].[Ni]. The molecule has 1 heterocycles. The van der Waals surface area contributed by atoms with Crippen molar-refractivity contribution >= 4 is 11.4 Å². The first-order valence-electron chi connectivity index (χ1n) is 53.7. The van der Waals surface area contributed by atoms with Crippen LogP contribution in [0.15, 0.2) is 47.5 Å². The molecule has 1 aliphatic heterocycles. The van der Waals surface area contributed by atoms with Crippen molar-refractivity contribution in [3.8, 4) is 35.5 Å². The maximum Gasteiger partial charge on any atom is 0.223 e. The van der Waals surface area contributed by atoms with Crippen molar-refractivity contribution in [2.75, 3.05) is 0 Å². The molecule has 0 bridgehead atoms. The van der Waals surface area contributed by atoms with E-state index in [1.165, 1.54) is 521 Å². The molecule has 2 aromatic rings. The van der Waals surface area contributed by atoms with E-state index in [0.29, 0.717) is 0 Å². The van der Waals surface area contributed by atoms with Crippen LogP contribution in [-0.2, 0) is 42.2 Å². The molecule has 3 rings (SSSR count). The van der Waals surface area contributed by atoms with Gasteiger partial charge in [0.1, 0.15) is 5.57 Å². The number of aryl methyl sites for hydroxylation is 4. The van der Waals surface area contributed by atoms with Crippen LogP contribution < -0.4 is 0 Å². The second-order valence-corrected chi connectivity index (χ2v) is 37.5. The second kappa shape index (κ2) is 87.2. The third kappa shape index (κ3) is 62.7. The van der Waals surface area contributed by atoms with Crippen molar-refractivity contribution in [1.29, 1.82) is 0 Å². The van der Waals surface area contributed by atoms with Crippen molar-refractivity contribution < 1.29 is 21.2 Å². The van der Waals surface area contributed by atoms with E-state index in [9.17, 15) is 5.53 Å². The third-order valence-electron chi connectivity index (χ3n) is 26.2. The normalized spacial score (nSPS) is 12.1. The van der Waals surface area contributed by atoms with Gasteiger partial charge >= 0.3 is 0 Å². The minimum atomic E-state index is 0. The fourth-order valence-corrected chi connectivity index (χ4v) is 18.4. The molecule has 0 aromatic heterocycles. The number of unbranched alkanes of at least 4 members (excludes halogenated alkanes) is 74.